The zero-order valence-electron chi connectivity index (χ0n) is 11.2. The molecular weight excluding hydrogens is 324 g/mol. The normalized spacial score (nSPS) is 10.0. The fraction of sp³-hybridized carbons (Fsp3) is 0.0667. The monoisotopic (exact) mass is 334 g/mol. The van der Waals surface area contributed by atoms with Crippen molar-refractivity contribution in [1.29, 1.82) is 5.26 Å². The number of carbonyl (C=O) groups is 1. The van der Waals surface area contributed by atoms with Crippen molar-refractivity contribution in [2.45, 2.75) is 4.90 Å². The van der Waals surface area contributed by atoms with Gasteiger partial charge in [0, 0.05) is 4.90 Å². The molecule has 2 aromatic rings. The van der Waals surface area contributed by atoms with E-state index in [0.29, 0.717) is 16.5 Å². The molecule has 0 aliphatic heterocycles. The van der Waals surface area contributed by atoms with Gasteiger partial charge < -0.3 is 9.84 Å². The number of carboxylic acids is 1. The largest absolute Gasteiger partial charge is 0.480 e. The summed E-state index contributed by atoms with van der Waals surface area (Å²) in [5.74, 6) is 0.0261. The third-order valence-corrected chi connectivity index (χ3v) is 3.66. The van der Waals surface area contributed by atoms with Gasteiger partial charge in [-0.3, -0.25) is 4.79 Å². The van der Waals surface area contributed by atoms with Gasteiger partial charge in [-0.2, -0.15) is 5.26 Å². The van der Waals surface area contributed by atoms with E-state index in [-0.39, 0.29) is 12.1 Å². The Balaban J connectivity index is 2.04. The molecule has 7 heteroatoms. The van der Waals surface area contributed by atoms with Crippen LogP contribution in [-0.2, 0) is 4.79 Å². The van der Waals surface area contributed by atoms with E-state index < -0.39 is 5.97 Å². The van der Waals surface area contributed by atoms with Gasteiger partial charge in [-0.25, -0.2) is 4.72 Å². The van der Waals surface area contributed by atoms with Crippen molar-refractivity contribution in [2.24, 2.45) is 0 Å². The number of aliphatic carboxylic acids is 1. The molecule has 0 saturated carbocycles. The molecule has 0 heterocycles. The minimum atomic E-state index is -0.919. The number of halogens is 1. The summed E-state index contributed by atoms with van der Waals surface area (Å²) in [6, 6.07) is 14.0. The molecule has 0 bridgehead atoms. The zero-order chi connectivity index (χ0) is 15.9. The average Bonchev–Trinajstić information content (AvgIpc) is 2.49. The summed E-state index contributed by atoms with van der Waals surface area (Å²) in [6.07, 6.45) is 0. The van der Waals surface area contributed by atoms with Crippen molar-refractivity contribution < 1.29 is 14.6 Å². The third kappa shape index (κ3) is 4.40. The fourth-order valence-corrected chi connectivity index (χ4v) is 2.42. The highest BCUT2D eigenvalue weighted by Crippen LogP contribution is 2.30. The number of nitrogens with zero attached hydrogens (tertiary/aromatic N) is 1. The molecule has 0 aliphatic carbocycles. The molecule has 0 radical (unpaired) electrons. The molecule has 2 rings (SSSR count). The predicted octanol–water partition coefficient (Wildman–Crippen LogP) is 3.69. The Kier molecular flexibility index (Phi) is 5.67. The Morgan fingerprint density at radius 3 is 2.68 bits per heavy atom. The SMILES string of the molecule is N#Cc1c(Cl)cccc1Oc1ccc(SNCC(=O)O)cc1. The predicted molar refractivity (Wildman–Crippen MR) is 84.2 cm³/mol. The number of hydrogen-bond donors (Lipinski definition) is 2. The molecule has 2 N–H and O–H groups in total. The summed E-state index contributed by atoms with van der Waals surface area (Å²) in [6.45, 7) is -0.128. The van der Waals surface area contributed by atoms with E-state index in [1.165, 1.54) is 11.9 Å². The van der Waals surface area contributed by atoms with E-state index in [9.17, 15) is 4.79 Å². The number of nitrogens with one attached hydrogen (secondary N) is 1. The maximum absolute atomic E-state index is 10.4. The van der Waals surface area contributed by atoms with Gasteiger partial charge in [0.15, 0.2) is 0 Å². The highest BCUT2D eigenvalue weighted by Gasteiger charge is 2.08. The van der Waals surface area contributed by atoms with Gasteiger partial charge in [0.25, 0.3) is 0 Å². The number of carboxylic acid groups (broad SMARTS) is 1. The molecule has 0 saturated heterocycles. The zero-order valence-corrected chi connectivity index (χ0v) is 12.8. The van der Waals surface area contributed by atoms with Crippen LogP contribution in [0.5, 0.6) is 11.5 Å². The van der Waals surface area contributed by atoms with Crippen molar-refractivity contribution in [3.63, 3.8) is 0 Å². The molecule has 0 unspecified atom stereocenters. The second-order valence-electron chi connectivity index (χ2n) is 4.12. The second-order valence-corrected chi connectivity index (χ2v) is 5.49. The van der Waals surface area contributed by atoms with Gasteiger partial charge in [-0.1, -0.05) is 17.7 Å². The lowest BCUT2D eigenvalue weighted by molar-refractivity contribution is -0.135. The highest BCUT2D eigenvalue weighted by molar-refractivity contribution is 7.97. The summed E-state index contributed by atoms with van der Waals surface area (Å²) >= 11 is 7.16. The minimum Gasteiger partial charge on any atom is -0.480 e. The van der Waals surface area contributed by atoms with E-state index in [4.69, 9.17) is 26.7 Å². The maximum atomic E-state index is 10.4. The first-order chi connectivity index (χ1) is 10.6. The van der Waals surface area contributed by atoms with Gasteiger partial charge in [0.1, 0.15) is 29.7 Å². The Hall–Kier alpha value is -2.20. The van der Waals surface area contributed by atoms with Crippen molar-refractivity contribution in [1.82, 2.24) is 4.72 Å². The van der Waals surface area contributed by atoms with Crippen molar-refractivity contribution in [2.75, 3.05) is 6.54 Å². The number of nitriles is 1. The molecule has 0 atom stereocenters. The van der Waals surface area contributed by atoms with E-state index in [0.717, 1.165) is 4.90 Å². The van der Waals surface area contributed by atoms with Gasteiger partial charge in [-0.05, 0) is 48.3 Å². The summed E-state index contributed by atoms with van der Waals surface area (Å²) < 4.78 is 8.36. The Bertz CT molecular complexity index is 714. The van der Waals surface area contributed by atoms with E-state index in [2.05, 4.69) is 4.72 Å². The van der Waals surface area contributed by atoms with Crippen LogP contribution in [0.1, 0.15) is 5.56 Å². The second kappa shape index (κ2) is 7.71. The van der Waals surface area contributed by atoms with Gasteiger partial charge in [0.05, 0.1) is 5.02 Å². The molecule has 22 heavy (non-hydrogen) atoms. The Morgan fingerprint density at radius 1 is 1.32 bits per heavy atom. The summed E-state index contributed by atoms with van der Waals surface area (Å²) in [5, 5.41) is 18.0. The molecule has 0 fully saturated rings. The number of rotatable bonds is 6. The molecule has 112 valence electrons. The van der Waals surface area contributed by atoms with E-state index >= 15 is 0 Å². The maximum Gasteiger partial charge on any atom is 0.318 e. The van der Waals surface area contributed by atoms with Gasteiger partial charge in [0.2, 0.25) is 0 Å². The minimum absolute atomic E-state index is 0.128. The van der Waals surface area contributed by atoms with E-state index in [1.807, 2.05) is 6.07 Å². The van der Waals surface area contributed by atoms with Crippen LogP contribution in [0.3, 0.4) is 0 Å². The molecular formula is C15H11ClN2O3S. The van der Waals surface area contributed by atoms with Crippen LogP contribution in [-0.4, -0.2) is 17.6 Å². The molecule has 0 aliphatic rings. The first kappa shape index (κ1) is 16.2. The van der Waals surface area contributed by atoms with Crippen LogP contribution in [0.25, 0.3) is 0 Å². The first-order valence-electron chi connectivity index (χ1n) is 6.18. The summed E-state index contributed by atoms with van der Waals surface area (Å²) in [7, 11) is 0. The number of ether oxygens (including phenoxy) is 1. The van der Waals surface area contributed by atoms with Crippen molar-refractivity contribution in [3.8, 4) is 17.6 Å². The topological polar surface area (TPSA) is 82.3 Å². The Labute approximate surface area is 136 Å². The highest BCUT2D eigenvalue weighted by atomic mass is 35.5. The van der Waals surface area contributed by atoms with Crippen LogP contribution in [0, 0.1) is 11.3 Å². The van der Waals surface area contributed by atoms with Crippen LogP contribution >= 0.6 is 23.5 Å². The average molecular weight is 335 g/mol. The van der Waals surface area contributed by atoms with Crippen LogP contribution in [0.4, 0.5) is 0 Å². The molecule has 2 aromatic carbocycles. The quantitative estimate of drug-likeness (QED) is 0.784. The van der Waals surface area contributed by atoms with Crippen LogP contribution in [0.15, 0.2) is 47.4 Å². The number of hydrogen-bond acceptors (Lipinski definition) is 5. The first-order valence-corrected chi connectivity index (χ1v) is 7.37. The lowest BCUT2D eigenvalue weighted by atomic mass is 10.2. The third-order valence-electron chi connectivity index (χ3n) is 2.55. The molecule has 0 spiro atoms. The standard InChI is InChI=1S/C15H11ClN2O3S/c16-13-2-1-3-14(12(13)8-17)21-10-4-6-11(7-5-10)22-18-9-15(19)20/h1-7,18H,9H2,(H,19,20). The lowest BCUT2D eigenvalue weighted by Gasteiger charge is -2.09. The van der Waals surface area contributed by atoms with Crippen LogP contribution in [0.2, 0.25) is 5.02 Å². The smallest absolute Gasteiger partial charge is 0.318 e. The van der Waals surface area contributed by atoms with Crippen LogP contribution < -0.4 is 9.46 Å². The molecule has 5 nitrogen and oxygen atoms in total. The van der Waals surface area contributed by atoms with Crippen molar-refractivity contribution >= 4 is 29.5 Å². The Morgan fingerprint density at radius 2 is 2.05 bits per heavy atom. The fourth-order valence-electron chi connectivity index (χ4n) is 1.58. The lowest BCUT2D eigenvalue weighted by Crippen LogP contribution is -2.15. The molecule has 0 amide bonds. The molecule has 0 aromatic heterocycles. The van der Waals surface area contributed by atoms with E-state index in [1.54, 1.807) is 42.5 Å². The van der Waals surface area contributed by atoms with Crippen molar-refractivity contribution in [3.05, 3.63) is 53.1 Å². The van der Waals surface area contributed by atoms with Gasteiger partial charge >= 0.3 is 5.97 Å². The summed E-state index contributed by atoms with van der Waals surface area (Å²) in [5.41, 5.74) is 0.283. The van der Waals surface area contributed by atoms with Gasteiger partial charge in [-0.15, -0.1) is 0 Å². The number of benzene rings is 2. The summed E-state index contributed by atoms with van der Waals surface area (Å²) in [4.78, 5) is 11.2.